The molecule has 4 amide bonds. The van der Waals surface area contributed by atoms with E-state index in [9.17, 15) is 58.2 Å². The van der Waals surface area contributed by atoms with Gasteiger partial charge >= 0.3 is 83.0 Å². The molecular weight excluding hydrogens is 1400 g/mol. The van der Waals surface area contributed by atoms with Crippen molar-refractivity contribution >= 4 is 151 Å². The van der Waals surface area contributed by atoms with Crippen LogP contribution in [0.4, 0.5) is 10.3 Å². The number of esters is 4. The van der Waals surface area contributed by atoms with Crippen molar-refractivity contribution in [2.75, 3.05) is 47.7 Å². The normalized spacial score (nSPS) is 17.1. The zero-order valence-electron chi connectivity index (χ0n) is 51.7. The van der Waals surface area contributed by atoms with E-state index in [4.69, 9.17) is 48.9 Å². The number of carbonyl (C=O) groups excluding carboxylic acids is 10. The molecule has 6 aromatic rings. The largest absolute Gasteiger partial charge is 1.00 e. The van der Waals surface area contributed by atoms with E-state index in [1.54, 1.807) is 26.0 Å². The average molecular weight is 1450 g/mol. The van der Waals surface area contributed by atoms with Crippen LogP contribution in [0.1, 0.15) is 52.9 Å². The van der Waals surface area contributed by atoms with E-state index in [2.05, 4.69) is 40.9 Å². The van der Waals surface area contributed by atoms with Crippen LogP contribution in [0.15, 0.2) is 112 Å². The van der Waals surface area contributed by atoms with Crippen molar-refractivity contribution < 1.29 is 155 Å². The van der Waals surface area contributed by atoms with Gasteiger partial charge < -0.3 is 79.4 Å². The molecule has 4 aliphatic heterocycles. The molecule has 2 fully saturated rings. The zero-order valence-corrected chi connectivity index (χ0v) is 60.6. The number of nitrogens with two attached hydrogens (primary N) is 2. The van der Waals surface area contributed by atoms with E-state index in [1.165, 1.54) is 98.6 Å². The predicted molar refractivity (Wildman–Crippen MR) is 334 cm³/mol. The Bertz CT molecular complexity index is 3910. The fourth-order valence-electron chi connectivity index (χ4n) is 8.93. The molecule has 0 spiro atoms. The summed E-state index contributed by atoms with van der Waals surface area (Å²) in [6.07, 6.45) is 2.85. The van der Waals surface area contributed by atoms with Crippen molar-refractivity contribution in [3.8, 4) is 45.6 Å². The van der Waals surface area contributed by atoms with Crippen molar-refractivity contribution in [1.82, 2.24) is 40.4 Å². The van der Waals surface area contributed by atoms with Crippen molar-refractivity contribution in [2.24, 2.45) is 10.3 Å². The third kappa shape index (κ3) is 18.1. The van der Waals surface area contributed by atoms with Gasteiger partial charge in [0.05, 0.1) is 35.7 Å². The number of β-lactam (4-membered cyclic amide) rings is 2. The van der Waals surface area contributed by atoms with Gasteiger partial charge in [0.15, 0.2) is 56.2 Å². The minimum atomic E-state index is -1.54. The van der Waals surface area contributed by atoms with Crippen molar-refractivity contribution in [1.29, 1.82) is 0 Å². The van der Waals surface area contributed by atoms with Gasteiger partial charge in [-0.1, -0.05) is 33.8 Å². The number of rotatable bonds is 24. The van der Waals surface area contributed by atoms with Crippen LogP contribution in [-0.4, -0.2) is 160 Å². The van der Waals surface area contributed by atoms with Crippen LogP contribution in [0.5, 0.6) is 23.0 Å². The molecule has 0 aliphatic carbocycles. The Labute approximate surface area is 612 Å². The molecule has 4 aromatic heterocycles. The molecule has 96 heavy (non-hydrogen) atoms. The van der Waals surface area contributed by atoms with Crippen LogP contribution in [0, 0.1) is 0 Å². The van der Waals surface area contributed by atoms with E-state index in [1.807, 2.05) is 0 Å². The number of oxazole rings is 2. The number of amides is 4. The van der Waals surface area contributed by atoms with E-state index >= 15 is 0 Å². The molecule has 6 N–H and O–H groups in total. The van der Waals surface area contributed by atoms with E-state index in [0.29, 0.717) is 33.8 Å². The van der Waals surface area contributed by atoms with E-state index in [0.717, 1.165) is 56.0 Å². The fourth-order valence-corrected chi connectivity index (χ4v) is 14.6. The first kappa shape index (κ1) is 75.6. The standard InChI is InChI=1S/2C28H26N6O10S3.2Na/c2*1-4-41-33-20(16-11-46-27(29)31-16)23(37)32-21-24(38)34-22(26(39)40)15(9-45-25(21)34)10-47-28-30-8-19(44-28)14-5-6-17(42-12(2)35)18(7-14)43-13(3)36;;/h2*5-8,11,21,25H,4,9-10H2,1-3H3,(H2,29,31)(H,32,37)(H,39,40);;/q;;2*+1/p-2/t2*21-,25-;;/m11../s1. The minimum absolute atomic E-state index is 0. The second-order valence-electron chi connectivity index (χ2n) is 19.3. The predicted octanol–water partition coefficient (Wildman–Crippen LogP) is -3.66. The minimum Gasteiger partial charge on any atom is -0.543 e. The summed E-state index contributed by atoms with van der Waals surface area (Å²) in [5, 5.41) is 39.7. The van der Waals surface area contributed by atoms with Crippen molar-refractivity contribution in [3.05, 3.63) is 93.5 Å². The zero-order chi connectivity index (χ0) is 67.7. The number of aromatic nitrogens is 4. The van der Waals surface area contributed by atoms with Gasteiger partial charge in [0.1, 0.15) is 47.4 Å². The first-order valence-corrected chi connectivity index (χ1v) is 33.2. The van der Waals surface area contributed by atoms with Crippen LogP contribution < -0.4 is 110 Å². The fraction of sp³-hybridized carbons (Fsp3) is 0.286. The second kappa shape index (κ2) is 34.0. The van der Waals surface area contributed by atoms with Gasteiger partial charge in [-0.3, -0.25) is 48.2 Å². The molecule has 8 heterocycles. The molecule has 0 unspecified atom stereocenters. The molecule has 40 heteroatoms. The molecule has 4 atom stereocenters. The number of hydrogen-bond donors (Lipinski definition) is 4. The average Bonchev–Trinajstić information content (AvgIpc) is 0.879. The maximum atomic E-state index is 13.2. The van der Waals surface area contributed by atoms with Gasteiger partial charge in [0, 0.05) is 72.6 Å². The monoisotopic (exact) mass is 1450 g/mol. The molecule has 0 saturated carbocycles. The molecule has 0 bridgehead atoms. The summed E-state index contributed by atoms with van der Waals surface area (Å²) < 4.78 is 32.1. The molecule has 492 valence electrons. The summed E-state index contributed by atoms with van der Waals surface area (Å²) in [6.45, 7) is 8.56. The second-order valence-corrected chi connectivity index (χ2v) is 25.2. The number of hydrogen-bond acceptors (Lipinski definition) is 34. The molecule has 32 nitrogen and oxygen atoms in total. The van der Waals surface area contributed by atoms with Crippen LogP contribution >= 0.6 is 69.7 Å². The van der Waals surface area contributed by atoms with Crippen LogP contribution in [-0.2, 0) is 57.6 Å². The first-order valence-electron chi connectivity index (χ1n) is 27.3. The third-order valence-corrected chi connectivity index (χ3v) is 18.6. The SMILES string of the molecule is CCON=C(C(=O)N[C@@H]1C(=O)N2C(C(=O)[O-])=C(CSc3ncc(-c4ccc(OC(C)=O)c(OC(C)=O)c4)o3)CS[C@H]12)c1csc(N)n1.CCON=C(C(=O)N[C@@H]1C(=O)N2C(C(=O)[O-])=C(CSc3ncc(-c4ccc(OC(C)=O)c(OC(C)=O)c4)o3)CS[C@H]12)c1csc(N)n1.[Na+].[Na+]. The number of carbonyl (C=O) groups is 10. The van der Waals surface area contributed by atoms with Gasteiger partial charge in [-0.05, 0) is 61.4 Å². The number of fused-ring (bicyclic) bond motifs is 2. The Morgan fingerprint density at radius 3 is 1.29 bits per heavy atom. The Hall–Kier alpha value is -7.76. The summed E-state index contributed by atoms with van der Waals surface area (Å²) in [6, 6.07) is 6.89. The summed E-state index contributed by atoms with van der Waals surface area (Å²) in [4.78, 5) is 152. The van der Waals surface area contributed by atoms with Gasteiger partial charge in [-0.15, -0.1) is 46.2 Å². The Morgan fingerprint density at radius 1 is 0.604 bits per heavy atom. The third-order valence-electron chi connectivity index (χ3n) is 12.8. The smallest absolute Gasteiger partial charge is 0.543 e. The summed E-state index contributed by atoms with van der Waals surface area (Å²) in [5.41, 5.74) is 12.5. The van der Waals surface area contributed by atoms with E-state index in [-0.39, 0.29) is 173 Å². The molecule has 2 aromatic carbocycles. The Morgan fingerprint density at radius 2 is 0.969 bits per heavy atom. The van der Waals surface area contributed by atoms with Gasteiger partial charge in [-0.25, -0.2) is 19.9 Å². The molecule has 10 rings (SSSR count). The van der Waals surface area contributed by atoms with Gasteiger partial charge in [-0.2, -0.15) is 0 Å². The number of nitrogens with one attached hydrogen (secondary N) is 2. The van der Waals surface area contributed by atoms with Gasteiger partial charge in [0.25, 0.3) is 34.1 Å². The quantitative estimate of drug-likeness (QED) is 0.00863. The van der Waals surface area contributed by atoms with Crippen molar-refractivity contribution in [2.45, 2.75) is 74.8 Å². The van der Waals surface area contributed by atoms with Gasteiger partial charge in [0.2, 0.25) is 0 Å². The Balaban J connectivity index is 0.000000265. The topological polar surface area (TPSA) is 457 Å². The number of ether oxygens (including phenoxy) is 4. The molecule has 4 aliphatic rings. The number of thiazole rings is 2. The molecule has 2 saturated heterocycles. The van der Waals surface area contributed by atoms with Crippen LogP contribution in [0.2, 0.25) is 0 Å². The van der Waals surface area contributed by atoms with Crippen molar-refractivity contribution in [3.63, 3.8) is 0 Å². The molecule has 0 radical (unpaired) electrons. The number of carboxylic acids is 2. The number of carboxylic acid groups (broad SMARTS) is 2. The number of aliphatic carboxylic acids is 2. The molecular formula is C56H50N12Na2O20S6. The number of nitrogen functional groups attached to an aromatic ring is 2. The summed E-state index contributed by atoms with van der Waals surface area (Å²) in [7, 11) is 0. The van der Waals surface area contributed by atoms with E-state index < -0.39 is 82.3 Å². The number of anilines is 2. The maximum absolute atomic E-state index is 13.2. The van der Waals surface area contributed by atoms with Crippen LogP contribution in [0.3, 0.4) is 0 Å². The number of oxime groups is 2. The first-order chi connectivity index (χ1) is 44.9. The summed E-state index contributed by atoms with van der Waals surface area (Å²) in [5.74, 6) is -6.91. The maximum Gasteiger partial charge on any atom is 1.00 e. The number of nitrogens with zero attached hydrogens (tertiary/aromatic N) is 8. The Kier molecular flexibility index (Phi) is 26.7. The number of thioether (sulfide) groups is 4. The van der Waals surface area contributed by atoms with Crippen LogP contribution in [0.25, 0.3) is 22.6 Å². The summed E-state index contributed by atoms with van der Waals surface area (Å²) >= 11 is 6.93. The number of benzene rings is 2.